The minimum atomic E-state index is -0.675. The van der Waals surface area contributed by atoms with Crippen LogP contribution in [0.3, 0.4) is 0 Å². The molecule has 0 bridgehead atoms. The third kappa shape index (κ3) is 3.47. The molecule has 3 rings (SSSR count). The third-order valence-corrected chi connectivity index (χ3v) is 4.49. The number of amides is 1. The number of carbonyl (C=O) groups excluding carboxylic acids is 3. The molecule has 0 atom stereocenters. The van der Waals surface area contributed by atoms with E-state index < -0.39 is 17.8 Å². The molecule has 11 heteroatoms. The predicted molar refractivity (Wildman–Crippen MR) is 100 cm³/mol. The summed E-state index contributed by atoms with van der Waals surface area (Å²) in [6.07, 6.45) is 0. The molecule has 1 aliphatic heterocycles. The van der Waals surface area contributed by atoms with Crippen molar-refractivity contribution in [3.8, 4) is 5.75 Å². The summed E-state index contributed by atoms with van der Waals surface area (Å²) in [5.41, 5.74) is 0.843. The van der Waals surface area contributed by atoms with Gasteiger partial charge in [0.1, 0.15) is 17.0 Å². The smallest absolute Gasteiger partial charge is 0.356 e. The van der Waals surface area contributed by atoms with E-state index >= 15 is 0 Å². The molecule has 0 fully saturated rings. The molecule has 1 aromatic heterocycles. The molecule has 11 nitrogen and oxygen atoms in total. The number of aromatic amines is 1. The zero-order valence-corrected chi connectivity index (χ0v) is 16.1. The Balaban J connectivity index is 2.13. The Morgan fingerprint density at radius 2 is 1.97 bits per heavy atom. The van der Waals surface area contributed by atoms with Gasteiger partial charge >= 0.3 is 11.9 Å². The van der Waals surface area contributed by atoms with Gasteiger partial charge in [-0.3, -0.25) is 9.89 Å². The number of benzene rings is 1. The van der Waals surface area contributed by atoms with Crippen LogP contribution in [-0.2, 0) is 19.1 Å². The van der Waals surface area contributed by atoms with Crippen LogP contribution < -0.4 is 10.1 Å². The molecule has 1 aliphatic rings. The molecule has 3 N–H and O–H groups in total. The maximum absolute atomic E-state index is 12.7. The Labute approximate surface area is 165 Å². The summed E-state index contributed by atoms with van der Waals surface area (Å²) in [6.45, 7) is -0.209. The maximum atomic E-state index is 12.7. The van der Waals surface area contributed by atoms with Gasteiger partial charge in [0.2, 0.25) is 0 Å². The van der Waals surface area contributed by atoms with E-state index in [1.54, 1.807) is 12.1 Å². The summed E-state index contributed by atoms with van der Waals surface area (Å²) in [7, 11) is 3.90. The van der Waals surface area contributed by atoms with Crippen LogP contribution in [0.1, 0.15) is 10.5 Å². The molecule has 0 aliphatic carbocycles. The van der Waals surface area contributed by atoms with Crippen LogP contribution in [0.25, 0.3) is 10.9 Å². The number of nitrogens with one attached hydrogen (secondary N) is 2. The third-order valence-electron chi connectivity index (χ3n) is 4.49. The van der Waals surface area contributed by atoms with E-state index in [2.05, 4.69) is 15.5 Å². The van der Waals surface area contributed by atoms with Gasteiger partial charge in [0.05, 0.1) is 51.1 Å². The fraction of sp³-hybridized carbons (Fsp3) is 0.333. The summed E-state index contributed by atoms with van der Waals surface area (Å²) in [5.74, 6) is -1.41. The molecule has 0 unspecified atom stereocenters. The quantitative estimate of drug-likeness (QED) is 0.545. The highest BCUT2D eigenvalue weighted by Crippen LogP contribution is 2.34. The predicted octanol–water partition coefficient (Wildman–Crippen LogP) is 0.0316. The van der Waals surface area contributed by atoms with Crippen LogP contribution in [0.4, 0.5) is 5.69 Å². The van der Waals surface area contributed by atoms with E-state index in [0.717, 1.165) is 0 Å². The highest BCUT2D eigenvalue weighted by molar-refractivity contribution is 6.13. The molecule has 29 heavy (non-hydrogen) atoms. The molecule has 1 amide bonds. The molecule has 2 heterocycles. The number of hydrogen-bond donors (Lipinski definition) is 3. The number of aliphatic hydroxyl groups excluding tert-OH is 1. The number of esters is 2. The monoisotopic (exact) mass is 404 g/mol. The summed E-state index contributed by atoms with van der Waals surface area (Å²) in [5, 5.41) is 19.1. The first-order chi connectivity index (χ1) is 14.0. The number of β-amino-alcohol motifs (C(OH)–C–C–N with tert-alkyl or cyclic N) is 1. The average Bonchev–Trinajstić information content (AvgIpc) is 3.31. The number of fused-ring (bicyclic) bond motifs is 1. The van der Waals surface area contributed by atoms with E-state index in [1.807, 2.05) is 0 Å². The van der Waals surface area contributed by atoms with Crippen LogP contribution in [0, 0.1) is 0 Å². The van der Waals surface area contributed by atoms with Crippen molar-refractivity contribution in [2.45, 2.75) is 0 Å². The van der Waals surface area contributed by atoms with Crippen molar-refractivity contribution in [1.82, 2.24) is 15.1 Å². The average molecular weight is 404 g/mol. The molecule has 0 saturated heterocycles. The van der Waals surface area contributed by atoms with E-state index in [1.165, 1.54) is 26.2 Å². The van der Waals surface area contributed by atoms with Crippen molar-refractivity contribution >= 4 is 34.4 Å². The highest BCUT2D eigenvalue weighted by Gasteiger charge is 2.35. The number of nitrogens with zero attached hydrogens (tertiary/aromatic N) is 2. The topological polar surface area (TPSA) is 143 Å². The van der Waals surface area contributed by atoms with Crippen LogP contribution in [-0.4, -0.2) is 79.1 Å². The second-order valence-electron chi connectivity index (χ2n) is 6.05. The van der Waals surface area contributed by atoms with E-state index in [0.29, 0.717) is 22.3 Å². The largest absolute Gasteiger partial charge is 0.494 e. The lowest BCUT2D eigenvalue weighted by Crippen LogP contribution is -2.31. The lowest BCUT2D eigenvalue weighted by molar-refractivity contribution is -0.136. The van der Waals surface area contributed by atoms with Crippen LogP contribution in [0.15, 0.2) is 23.4 Å². The number of aliphatic hydroxyl groups is 1. The lowest BCUT2D eigenvalue weighted by Gasteiger charge is -2.15. The molecule has 2 aromatic rings. The zero-order valence-electron chi connectivity index (χ0n) is 16.1. The number of rotatable bonds is 7. The van der Waals surface area contributed by atoms with Crippen molar-refractivity contribution in [3.63, 3.8) is 0 Å². The second kappa shape index (κ2) is 8.19. The fourth-order valence-corrected chi connectivity index (χ4v) is 3.11. The van der Waals surface area contributed by atoms with E-state index in [-0.39, 0.29) is 36.7 Å². The molecular weight excluding hydrogens is 384 g/mol. The summed E-state index contributed by atoms with van der Waals surface area (Å²) in [4.78, 5) is 38.4. The van der Waals surface area contributed by atoms with Crippen LogP contribution >= 0.6 is 0 Å². The summed E-state index contributed by atoms with van der Waals surface area (Å²) >= 11 is 0. The highest BCUT2D eigenvalue weighted by atomic mass is 16.5. The Bertz CT molecular complexity index is 1010. The number of methoxy groups -OCH3 is 3. The number of H-pyrrole nitrogens is 1. The molecule has 1 aromatic carbocycles. The number of ether oxygens (including phenoxy) is 3. The van der Waals surface area contributed by atoms with Crippen LogP contribution in [0.2, 0.25) is 0 Å². The van der Waals surface area contributed by atoms with Gasteiger partial charge in [-0.1, -0.05) is 0 Å². The van der Waals surface area contributed by atoms with Crippen molar-refractivity contribution in [2.24, 2.45) is 0 Å². The van der Waals surface area contributed by atoms with Crippen LogP contribution in [0.5, 0.6) is 5.75 Å². The first-order valence-corrected chi connectivity index (χ1v) is 8.58. The number of carbonyl (C=O) groups is 3. The minimum Gasteiger partial charge on any atom is -0.494 e. The standard InChI is InChI=1S/C18H20N4O7/c1-27-11-5-4-10(12-14(11)20-21-15(12)18(26)29-3)19-13-9(17(25)28-2)8-22(6-7-23)16(13)24/h4-5,19,23H,6-8H2,1-3H3,(H,20,21). The van der Waals surface area contributed by atoms with E-state index in [4.69, 9.17) is 14.2 Å². The fourth-order valence-electron chi connectivity index (χ4n) is 3.11. The van der Waals surface area contributed by atoms with Gasteiger partial charge in [0, 0.05) is 6.54 Å². The normalized spacial score (nSPS) is 13.8. The molecule has 154 valence electrons. The van der Waals surface area contributed by atoms with Gasteiger partial charge in [-0.15, -0.1) is 0 Å². The number of hydrogen-bond acceptors (Lipinski definition) is 9. The van der Waals surface area contributed by atoms with Crippen molar-refractivity contribution in [1.29, 1.82) is 0 Å². The van der Waals surface area contributed by atoms with Crippen molar-refractivity contribution in [3.05, 3.63) is 29.1 Å². The first kappa shape index (κ1) is 20.1. The first-order valence-electron chi connectivity index (χ1n) is 8.58. The van der Waals surface area contributed by atoms with Gasteiger partial charge in [0.25, 0.3) is 5.91 Å². The lowest BCUT2D eigenvalue weighted by atomic mass is 10.1. The molecular formula is C18H20N4O7. The minimum absolute atomic E-state index is 0.00576. The maximum Gasteiger partial charge on any atom is 0.356 e. The van der Waals surface area contributed by atoms with Gasteiger partial charge in [-0.05, 0) is 12.1 Å². The molecule has 0 saturated carbocycles. The SMILES string of the molecule is COC(=O)C1=C(Nc2ccc(OC)c3n[nH]c(C(=O)OC)c23)C(=O)N(CCO)C1. The molecule has 0 spiro atoms. The van der Waals surface area contributed by atoms with Gasteiger partial charge in [-0.2, -0.15) is 5.10 Å². The Morgan fingerprint density at radius 3 is 2.59 bits per heavy atom. The van der Waals surface area contributed by atoms with Crippen molar-refractivity contribution < 1.29 is 33.7 Å². The molecule has 0 radical (unpaired) electrons. The van der Waals surface area contributed by atoms with Gasteiger partial charge < -0.3 is 29.5 Å². The van der Waals surface area contributed by atoms with Gasteiger partial charge in [-0.25, -0.2) is 9.59 Å². The Morgan fingerprint density at radius 1 is 1.24 bits per heavy atom. The second-order valence-corrected chi connectivity index (χ2v) is 6.05. The zero-order chi connectivity index (χ0) is 21.1. The number of anilines is 1. The van der Waals surface area contributed by atoms with Gasteiger partial charge in [0.15, 0.2) is 5.69 Å². The Kier molecular flexibility index (Phi) is 5.69. The summed E-state index contributed by atoms with van der Waals surface area (Å²) in [6, 6.07) is 3.20. The van der Waals surface area contributed by atoms with E-state index in [9.17, 15) is 19.5 Å². The Hall–Kier alpha value is -3.60. The van der Waals surface area contributed by atoms with Crippen molar-refractivity contribution in [2.75, 3.05) is 46.3 Å². The number of aromatic nitrogens is 2. The summed E-state index contributed by atoms with van der Waals surface area (Å²) < 4.78 is 14.8.